The maximum atomic E-state index is 5.62. The van der Waals surface area contributed by atoms with E-state index >= 15 is 0 Å². The molecule has 138 valence electrons. The first-order valence-corrected chi connectivity index (χ1v) is 9.36. The van der Waals surface area contributed by atoms with Gasteiger partial charge in [-0.15, -0.1) is 0 Å². The van der Waals surface area contributed by atoms with Crippen LogP contribution in [0.15, 0.2) is 59.6 Å². The van der Waals surface area contributed by atoms with Crippen LogP contribution in [0.3, 0.4) is 0 Å². The Morgan fingerprint density at radius 1 is 1.00 bits per heavy atom. The minimum absolute atomic E-state index is 0.0970. The number of aryl methyl sites for hydroxylation is 1. The summed E-state index contributed by atoms with van der Waals surface area (Å²) in [4.78, 5) is 4.41. The van der Waals surface area contributed by atoms with Gasteiger partial charge in [-0.25, -0.2) is 0 Å². The average molecular weight is 351 g/mol. The number of rotatable bonds is 5. The maximum Gasteiger partial charge on any atom is 0.191 e. The first-order valence-electron chi connectivity index (χ1n) is 9.36. The molecule has 0 spiro atoms. The highest BCUT2D eigenvalue weighted by atomic mass is 16.5. The molecule has 0 aliphatic carbocycles. The Hall–Kier alpha value is -2.33. The van der Waals surface area contributed by atoms with Gasteiger partial charge in [-0.2, -0.15) is 0 Å². The highest BCUT2D eigenvalue weighted by molar-refractivity contribution is 5.79. The van der Waals surface area contributed by atoms with E-state index in [1.165, 1.54) is 16.7 Å². The molecule has 1 aliphatic heterocycles. The van der Waals surface area contributed by atoms with Crippen LogP contribution >= 0.6 is 0 Å². The monoisotopic (exact) mass is 351 g/mol. The van der Waals surface area contributed by atoms with E-state index < -0.39 is 0 Å². The molecule has 0 bridgehead atoms. The van der Waals surface area contributed by atoms with Crippen molar-refractivity contribution >= 4 is 5.96 Å². The minimum atomic E-state index is 0.0970. The summed E-state index contributed by atoms with van der Waals surface area (Å²) in [5, 5.41) is 6.99. The van der Waals surface area contributed by atoms with Crippen LogP contribution in [0, 0.1) is 6.92 Å². The third-order valence-corrected chi connectivity index (χ3v) is 5.36. The summed E-state index contributed by atoms with van der Waals surface area (Å²) in [6, 6.07) is 19.2. The minimum Gasteiger partial charge on any atom is -0.381 e. The van der Waals surface area contributed by atoms with Gasteiger partial charge in [-0.1, -0.05) is 54.6 Å². The van der Waals surface area contributed by atoms with Crippen LogP contribution in [0.5, 0.6) is 0 Å². The lowest BCUT2D eigenvalue weighted by molar-refractivity contribution is 0.0514. The van der Waals surface area contributed by atoms with E-state index in [-0.39, 0.29) is 5.41 Å². The quantitative estimate of drug-likeness (QED) is 0.641. The van der Waals surface area contributed by atoms with Gasteiger partial charge in [0.25, 0.3) is 0 Å². The molecule has 2 aromatic carbocycles. The van der Waals surface area contributed by atoms with Gasteiger partial charge in [-0.3, -0.25) is 4.99 Å². The van der Waals surface area contributed by atoms with Crippen molar-refractivity contribution in [2.75, 3.05) is 26.8 Å². The largest absolute Gasteiger partial charge is 0.381 e. The fourth-order valence-corrected chi connectivity index (χ4v) is 3.58. The van der Waals surface area contributed by atoms with E-state index in [1.807, 2.05) is 7.05 Å². The van der Waals surface area contributed by atoms with E-state index in [4.69, 9.17) is 4.74 Å². The van der Waals surface area contributed by atoms with Crippen LogP contribution in [0.2, 0.25) is 0 Å². The predicted molar refractivity (Wildman–Crippen MR) is 108 cm³/mol. The Kier molecular flexibility index (Phi) is 6.29. The Labute approximate surface area is 156 Å². The summed E-state index contributed by atoms with van der Waals surface area (Å²) < 4.78 is 5.62. The summed E-state index contributed by atoms with van der Waals surface area (Å²) in [6.07, 6.45) is 2.05. The molecule has 0 amide bonds. The molecule has 1 fully saturated rings. The molecule has 4 nitrogen and oxygen atoms in total. The van der Waals surface area contributed by atoms with Crippen molar-refractivity contribution in [3.05, 3.63) is 71.3 Å². The molecule has 2 N–H and O–H groups in total. The van der Waals surface area contributed by atoms with Gasteiger partial charge in [0.2, 0.25) is 0 Å². The lowest BCUT2D eigenvalue weighted by atomic mass is 9.74. The summed E-state index contributed by atoms with van der Waals surface area (Å²) in [5.41, 5.74) is 4.06. The number of hydrogen-bond donors (Lipinski definition) is 2. The molecule has 1 aliphatic rings. The zero-order chi connectivity index (χ0) is 18.2. The van der Waals surface area contributed by atoms with Crippen molar-refractivity contribution < 1.29 is 4.74 Å². The molecule has 4 heteroatoms. The second kappa shape index (κ2) is 8.86. The van der Waals surface area contributed by atoms with E-state index in [2.05, 4.69) is 77.1 Å². The van der Waals surface area contributed by atoms with Crippen LogP contribution in [-0.4, -0.2) is 32.8 Å². The van der Waals surface area contributed by atoms with Crippen LogP contribution in [0.25, 0.3) is 0 Å². The third kappa shape index (κ3) is 4.44. The molecular formula is C22H29N3O. The van der Waals surface area contributed by atoms with Crippen LogP contribution in [-0.2, 0) is 16.7 Å². The van der Waals surface area contributed by atoms with Crippen molar-refractivity contribution in [1.29, 1.82) is 0 Å². The first-order chi connectivity index (χ1) is 12.7. The topological polar surface area (TPSA) is 45.7 Å². The molecule has 0 saturated carbocycles. The second-order valence-corrected chi connectivity index (χ2v) is 6.96. The Bertz CT molecular complexity index is 721. The van der Waals surface area contributed by atoms with E-state index in [0.717, 1.165) is 45.1 Å². The van der Waals surface area contributed by atoms with Gasteiger partial charge in [0.15, 0.2) is 5.96 Å². The van der Waals surface area contributed by atoms with Crippen LogP contribution in [0.1, 0.15) is 29.5 Å². The molecule has 0 unspecified atom stereocenters. The molecule has 0 aromatic heterocycles. The maximum absolute atomic E-state index is 5.62. The van der Waals surface area contributed by atoms with E-state index in [1.54, 1.807) is 0 Å². The summed E-state index contributed by atoms with van der Waals surface area (Å²) in [7, 11) is 1.83. The molecule has 0 atom stereocenters. The van der Waals surface area contributed by atoms with E-state index in [9.17, 15) is 0 Å². The summed E-state index contributed by atoms with van der Waals surface area (Å²) >= 11 is 0. The predicted octanol–water partition coefficient (Wildman–Crippen LogP) is 3.41. The van der Waals surface area contributed by atoms with Gasteiger partial charge in [-0.05, 0) is 36.5 Å². The normalized spacial score (nSPS) is 16.9. The SMILES string of the molecule is CN=C(NCc1ccccc1C)NCC1(c2ccccc2)CCOCC1. The third-order valence-electron chi connectivity index (χ3n) is 5.36. The molecule has 2 aromatic rings. The zero-order valence-electron chi connectivity index (χ0n) is 15.8. The summed E-state index contributed by atoms with van der Waals surface area (Å²) in [5.74, 6) is 0.843. The van der Waals surface area contributed by atoms with Gasteiger partial charge in [0.05, 0.1) is 0 Å². The molecule has 1 heterocycles. The highest BCUT2D eigenvalue weighted by Crippen LogP contribution is 2.34. The van der Waals surface area contributed by atoms with Crippen LogP contribution < -0.4 is 10.6 Å². The summed E-state index contributed by atoms with van der Waals surface area (Å²) in [6.45, 7) is 5.39. The Morgan fingerprint density at radius 3 is 2.38 bits per heavy atom. The Morgan fingerprint density at radius 2 is 1.69 bits per heavy atom. The van der Waals surface area contributed by atoms with Crippen molar-refractivity contribution in [1.82, 2.24) is 10.6 Å². The van der Waals surface area contributed by atoms with Crippen molar-refractivity contribution in [3.8, 4) is 0 Å². The standard InChI is InChI=1S/C22H29N3O/c1-18-8-6-7-9-19(18)16-24-21(23-2)25-17-22(12-14-26-15-13-22)20-10-4-3-5-11-20/h3-11H,12-17H2,1-2H3,(H2,23,24,25). The molecular weight excluding hydrogens is 322 g/mol. The number of ether oxygens (including phenoxy) is 1. The molecule has 3 rings (SSSR count). The zero-order valence-corrected chi connectivity index (χ0v) is 15.8. The molecule has 26 heavy (non-hydrogen) atoms. The number of benzene rings is 2. The van der Waals surface area contributed by atoms with Crippen LogP contribution in [0.4, 0.5) is 0 Å². The van der Waals surface area contributed by atoms with Gasteiger partial charge in [0.1, 0.15) is 0 Å². The number of aliphatic imine (C=N–C) groups is 1. The van der Waals surface area contributed by atoms with Crippen molar-refractivity contribution in [2.45, 2.75) is 31.7 Å². The number of guanidine groups is 1. The van der Waals surface area contributed by atoms with Gasteiger partial charge >= 0.3 is 0 Å². The molecule has 1 saturated heterocycles. The fourth-order valence-electron chi connectivity index (χ4n) is 3.58. The smallest absolute Gasteiger partial charge is 0.191 e. The fraction of sp³-hybridized carbons (Fsp3) is 0.409. The molecule has 0 radical (unpaired) electrons. The number of hydrogen-bond acceptors (Lipinski definition) is 2. The second-order valence-electron chi connectivity index (χ2n) is 6.96. The number of nitrogens with one attached hydrogen (secondary N) is 2. The van der Waals surface area contributed by atoms with Crippen molar-refractivity contribution in [3.63, 3.8) is 0 Å². The Balaban J connectivity index is 1.65. The average Bonchev–Trinajstić information content (AvgIpc) is 2.71. The lowest BCUT2D eigenvalue weighted by Crippen LogP contribution is -2.47. The van der Waals surface area contributed by atoms with Crippen molar-refractivity contribution in [2.24, 2.45) is 4.99 Å². The number of nitrogens with zero attached hydrogens (tertiary/aromatic N) is 1. The van der Waals surface area contributed by atoms with Gasteiger partial charge < -0.3 is 15.4 Å². The highest BCUT2D eigenvalue weighted by Gasteiger charge is 2.34. The first kappa shape index (κ1) is 18.5. The lowest BCUT2D eigenvalue weighted by Gasteiger charge is -2.38. The van der Waals surface area contributed by atoms with E-state index in [0.29, 0.717) is 0 Å². The van der Waals surface area contributed by atoms with Gasteiger partial charge in [0, 0.05) is 38.8 Å².